The molecule has 0 saturated heterocycles. The minimum absolute atomic E-state index is 0.147. The molecule has 0 unspecified atom stereocenters. The SMILES string of the molecule is OCCCn1cc(CCCCc2ccc(OCc3coc(/C=C/c4ccc(OC(F)(F)F)cc4)n3)cc2)nn1. The fourth-order valence-electron chi connectivity index (χ4n) is 3.75. The number of nitrogens with zero attached hydrogens (tertiary/aromatic N) is 4. The van der Waals surface area contributed by atoms with Gasteiger partial charge in [0.25, 0.3) is 0 Å². The van der Waals surface area contributed by atoms with Crippen molar-refractivity contribution in [2.45, 2.75) is 51.6 Å². The molecule has 2 aromatic carbocycles. The van der Waals surface area contributed by atoms with Gasteiger partial charge >= 0.3 is 6.36 Å². The van der Waals surface area contributed by atoms with Crippen molar-refractivity contribution in [2.24, 2.45) is 0 Å². The second-order valence-corrected chi connectivity index (χ2v) is 8.82. The Hall–Kier alpha value is -4.12. The molecule has 0 fully saturated rings. The minimum Gasteiger partial charge on any atom is -0.487 e. The number of hydrogen-bond donors (Lipinski definition) is 1. The van der Waals surface area contributed by atoms with Gasteiger partial charge in [-0.2, -0.15) is 0 Å². The predicted octanol–water partition coefficient (Wildman–Crippen LogP) is 5.86. The van der Waals surface area contributed by atoms with E-state index in [9.17, 15) is 13.2 Å². The average molecular weight is 543 g/mol. The highest BCUT2D eigenvalue weighted by Crippen LogP contribution is 2.23. The number of aromatic nitrogens is 4. The third kappa shape index (κ3) is 9.60. The number of unbranched alkanes of at least 4 members (excludes halogenated alkanes) is 1. The van der Waals surface area contributed by atoms with Gasteiger partial charge < -0.3 is 19.0 Å². The van der Waals surface area contributed by atoms with E-state index in [1.807, 2.05) is 30.5 Å². The van der Waals surface area contributed by atoms with Crippen molar-refractivity contribution >= 4 is 12.2 Å². The van der Waals surface area contributed by atoms with E-state index >= 15 is 0 Å². The van der Waals surface area contributed by atoms with E-state index in [1.54, 1.807) is 16.8 Å². The van der Waals surface area contributed by atoms with Crippen molar-refractivity contribution in [2.75, 3.05) is 6.61 Å². The fraction of sp³-hybridized carbons (Fsp3) is 0.321. The van der Waals surface area contributed by atoms with Gasteiger partial charge in [0, 0.05) is 25.4 Å². The van der Waals surface area contributed by atoms with Crippen molar-refractivity contribution in [3.05, 3.63) is 89.4 Å². The molecule has 0 aliphatic carbocycles. The van der Waals surface area contributed by atoms with Crippen LogP contribution in [0.4, 0.5) is 13.2 Å². The summed E-state index contributed by atoms with van der Waals surface area (Å²) in [6.07, 6.45) is 6.56. The van der Waals surface area contributed by atoms with Crippen LogP contribution in [-0.4, -0.2) is 38.1 Å². The molecule has 8 nitrogen and oxygen atoms in total. The number of aliphatic hydroxyl groups is 1. The van der Waals surface area contributed by atoms with Gasteiger partial charge in [0.15, 0.2) is 0 Å². The molecule has 4 rings (SSSR count). The summed E-state index contributed by atoms with van der Waals surface area (Å²) in [6.45, 7) is 1.06. The Balaban J connectivity index is 1.16. The molecule has 0 bridgehead atoms. The van der Waals surface area contributed by atoms with Crippen LogP contribution in [0.1, 0.15) is 47.7 Å². The highest BCUT2D eigenvalue weighted by atomic mass is 19.4. The maximum absolute atomic E-state index is 12.3. The van der Waals surface area contributed by atoms with Crippen LogP contribution >= 0.6 is 0 Å². The molecule has 206 valence electrons. The van der Waals surface area contributed by atoms with Crippen LogP contribution in [0.5, 0.6) is 11.5 Å². The number of hydrogen-bond acceptors (Lipinski definition) is 7. The van der Waals surface area contributed by atoms with Crippen molar-refractivity contribution in [1.82, 2.24) is 20.0 Å². The van der Waals surface area contributed by atoms with Crippen molar-refractivity contribution in [3.63, 3.8) is 0 Å². The molecule has 2 heterocycles. The van der Waals surface area contributed by atoms with E-state index < -0.39 is 6.36 Å². The summed E-state index contributed by atoms with van der Waals surface area (Å²) >= 11 is 0. The Morgan fingerprint density at radius 2 is 1.64 bits per heavy atom. The van der Waals surface area contributed by atoms with Crippen molar-refractivity contribution < 1.29 is 32.2 Å². The first kappa shape index (κ1) is 27.9. The number of oxazole rings is 1. The summed E-state index contributed by atoms with van der Waals surface area (Å²) in [5.41, 5.74) is 3.47. The third-order valence-electron chi connectivity index (χ3n) is 5.69. The molecule has 0 saturated carbocycles. The number of rotatable bonds is 14. The normalized spacial score (nSPS) is 11.8. The standard InChI is InChI=1S/C28H29F3N4O4/c29-28(30,31)39-26-13-8-22(9-14-26)10-15-27-32-24(20-38-27)19-37-25-11-6-21(7-12-25)4-1-2-5-23-18-35(34-33-23)16-3-17-36/h6-15,18,20,36H,1-5,16-17,19H2/b15-10+. The van der Waals surface area contributed by atoms with Gasteiger partial charge in [0.2, 0.25) is 5.89 Å². The topological polar surface area (TPSA) is 95.4 Å². The molecular weight excluding hydrogens is 513 g/mol. The van der Waals surface area contributed by atoms with E-state index in [0.717, 1.165) is 37.1 Å². The van der Waals surface area contributed by atoms with Crippen molar-refractivity contribution in [3.8, 4) is 11.5 Å². The van der Waals surface area contributed by atoms with Crippen LogP contribution in [0.15, 0.2) is 65.4 Å². The van der Waals surface area contributed by atoms with Gasteiger partial charge in [0.1, 0.15) is 30.1 Å². The Morgan fingerprint density at radius 1 is 0.897 bits per heavy atom. The summed E-state index contributed by atoms with van der Waals surface area (Å²) < 4.78 is 53.6. The van der Waals surface area contributed by atoms with Gasteiger partial charge in [-0.25, -0.2) is 4.98 Å². The van der Waals surface area contributed by atoms with Gasteiger partial charge in [-0.15, -0.1) is 18.3 Å². The van der Waals surface area contributed by atoms with Gasteiger partial charge in [-0.3, -0.25) is 4.68 Å². The number of aliphatic hydroxyl groups excluding tert-OH is 1. The first-order valence-electron chi connectivity index (χ1n) is 12.6. The van der Waals surface area contributed by atoms with Crippen LogP contribution in [0.2, 0.25) is 0 Å². The van der Waals surface area contributed by atoms with Crippen molar-refractivity contribution in [1.29, 1.82) is 0 Å². The van der Waals surface area contributed by atoms with E-state index in [1.165, 1.54) is 36.1 Å². The average Bonchev–Trinajstić information content (AvgIpc) is 3.57. The molecular formula is C28H29F3N4O4. The van der Waals surface area contributed by atoms with Gasteiger partial charge in [0.05, 0.1) is 5.69 Å². The smallest absolute Gasteiger partial charge is 0.487 e. The fourth-order valence-corrected chi connectivity index (χ4v) is 3.75. The van der Waals surface area contributed by atoms with Crippen LogP contribution in [0.25, 0.3) is 12.2 Å². The number of alkyl halides is 3. The molecule has 39 heavy (non-hydrogen) atoms. The molecule has 0 aliphatic rings. The van der Waals surface area contributed by atoms with Crippen LogP contribution < -0.4 is 9.47 Å². The summed E-state index contributed by atoms with van der Waals surface area (Å²) in [6, 6.07) is 13.4. The molecule has 1 N–H and O–H groups in total. The quantitative estimate of drug-likeness (QED) is 0.199. The highest BCUT2D eigenvalue weighted by Gasteiger charge is 2.30. The molecule has 4 aromatic rings. The van der Waals surface area contributed by atoms with Crippen LogP contribution in [-0.2, 0) is 26.0 Å². The maximum atomic E-state index is 12.3. The molecule has 0 spiro atoms. The lowest BCUT2D eigenvalue weighted by molar-refractivity contribution is -0.274. The monoisotopic (exact) mass is 542 g/mol. The molecule has 0 amide bonds. The Bertz CT molecular complexity index is 1320. The highest BCUT2D eigenvalue weighted by molar-refractivity contribution is 5.66. The first-order chi connectivity index (χ1) is 18.9. The molecule has 2 aromatic heterocycles. The maximum Gasteiger partial charge on any atom is 0.573 e. The van der Waals surface area contributed by atoms with Crippen LogP contribution in [0.3, 0.4) is 0 Å². The Labute approximate surface area is 223 Å². The zero-order valence-electron chi connectivity index (χ0n) is 21.2. The van der Waals surface area contributed by atoms with Crippen LogP contribution in [0, 0.1) is 0 Å². The van der Waals surface area contributed by atoms with E-state index in [2.05, 4.69) is 20.0 Å². The third-order valence-corrected chi connectivity index (χ3v) is 5.69. The molecule has 0 radical (unpaired) electrons. The van der Waals surface area contributed by atoms with E-state index in [-0.39, 0.29) is 19.0 Å². The molecule has 0 aliphatic heterocycles. The minimum atomic E-state index is -4.72. The van der Waals surface area contributed by atoms with Gasteiger partial charge in [-0.05, 0) is 73.6 Å². The summed E-state index contributed by atoms with van der Waals surface area (Å²) in [5, 5.41) is 17.1. The number of ether oxygens (including phenoxy) is 2. The first-order valence-corrected chi connectivity index (χ1v) is 12.6. The number of benzene rings is 2. The number of aryl methyl sites for hydroxylation is 3. The summed E-state index contributed by atoms with van der Waals surface area (Å²) in [4.78, 5) is 4.34. The number of halogens is 3. The lowest BCUT2D eigenvalue weighted by atomic mass is 10.1. The zero-order chi connectivity index (χ0) is 27.5. The second kappa shape index (κ2) is 13.6. The largest absolute Gasteiger partial charge is 0.573 e. The second-order valence-electron chi connectivity index (χ2n) is 8.82. The van der Waals surface area contributed by atoms with E-state index in [0.29, 0.717) is 30.1 Å². The Kier molecular flexibility index (Phi) is 9.74. The summed E-state index contributed by atoms with van der Waals surface area (Å²) in [7, 11) is 0. The lowest BCUT2D eigenvalue weighted by Gasteiger charge is -2.08. The Morgan fingerprint density at radius 3 is 2.38 bits per heavy atom. The molecule has 11 heteroatoms. The zero-order valence-corrected chi connectivity index (χ0v) is 21.2. The summed E-state index contributed by atoms with van der Waals surface area (Å²) in [5.74, 6) is 0.795. The predicted molar refractivity (Wildman–Crippen MR) is 138 cm³/mol. The molecule has 0 atom stereocenters. The van der Waals surface area contributed by atoms with Gasteiger partial charge in [-0.1, -0.05) is 29.5 Å². The van der Waals surface area contributed by atoms with E-state index in [4.69, 9.17) is 14.3 Å². The lowest BCUT2D eigenvalue weighted by Crippen LogP contribution is -2.16.